The highest BCUT2D eigenvalue weighted by molar-refractivity contribution is 8.15. The molecule has 28 heavy (non-hydrogen) atoms. The minimum atomic E-state index is -2.43. The van der Waals surface area contributed by atoms with Gasteiger partial charge in [-0.25, -0.2) is 4.79 Å². The van der Waals surface area contributed by atoms with E-state index < -0.39 is 18.7 Å². The molecule has 3 aromatic rings. The fourth-order valence-electron chi connectivity index (χ4n) is 3.13. The van der Waals surface area contributed by atoms with E-state index in [2.05, 4.69) is 30.8 Å². The number of benzene rings is 3. The number of carbonyl (C=O) groups excluding carboxylic acids is 1. The molecule has 4 heteroatoms. The molecule has 0 radical (unpaired) electrons. The molecule has 3 aromatic carbocycles. The fourth-order valence-corrected chi connectivity index (χ4v) is 7.19. The van der Waals surface area contributed by atoms with Gasteiger partial charge in [0.25, 0.3) is 0 Å². The lowest BCUT2D eigenvalue weighted by Crippen LogP contribution is -2.30. The minimum absolute atomic E-state index is 0.377. The second-order valence-corrected chi connectivity index (χ2v) is 10.9. The lowest BCUT2D eigenvalue weighted by Gasteiger charge is -2.24. The Morgan fingerprint density at radius 2 is 1.36 bits per heavy atom. The summed E-state index contributed by atoms with van der Waals surface area (Å²) in [5, 5.41) is 3.12. The van der Waals surface area contributed by atoms with Gasteiger partial charge < -0.3 is 4.74 Å². The van der Waals surface area contributed by atoms with Crippen molar-refractivity contribution >= 4 is 39.7 Å². The summed E-state index contributed by atoms with van der Waals surface area (Å²) < 4.78 is 5.63. The molecule has 0 saturated carbocycles. The summed E-state index contributed by atoms with van der Waals surface area (Å²) in [5.74, 6) is -0.403. The fraction of sp³-hybridized carbons (Fsp3) is 0.125. The molecule has 0 saturated heterocycles. The van der Waals surface area contributed by atoms with Crippen LogP contribution in [0.5, 0.6) is 0 Å². The summed E-state index contributed by atoms with van der Waals surface area (Å²) in [4.78, 5) is 12.1. The highest BCUT2D eigenvalue weighted by Gasteiger charge is 2.47. The number of hydrogen-bond acceptors (Lipinski definition) is 2. The Hall–Kier alpha value is -2.41. The standard InChI is InChI=1S/C24H23ClO2P/c1-18(2)24(26)27-19(3)22-16-10-11-17-23(22)28(25,20-12-6-4-7-13-20)21-14-8-5-9-15-21/h4-17,19H,1H2,2-3H3/q+1. The normalized spacial score (nSPS) is 12.2. The molecular formula is C24H23ClO2P+. The van der Waals surface area contributed by atoms with Crippen molar-refractivity contribution in [3.8, 4) is 0 Å². The third-order valence-electron chi connectivity index (χ3n) is 4.56. The Kier molecular flexibility index (Phi) is 6.34. The lowest BCUT2D eigenvalue weighted by atomic mass is 10.1. The summed E-state index contributed by atoms with van der Waals surface area (Å²) >= 11 is 7.52. The summed E-state index contributed by atoms with van der Waals surface area (Å²) in [5.41, 5.74) is 1.29. The van der Waals surface area contributed by atoms with Crippen LogP contribution >= 0.6 is 17.9 Å². The van der Waals surface area contributed by atoms with E-state index in [9.17, 15) is 4.79 Å². The van der Waals surface area contributed by atoms with Crippen molar-refractivity contribution in [3.05, 3.63) is 103 Å². The van der Waals surface area contributed by atoms with E-state index in [4.69, 9.17) is 16.0 Å². The van der Waals surface area contributed by atoms with Crippen molar-refractivity contribution in [2.45, 2.75) is 20.0 Å². The predicted octanol–water partition coefficient (Wildman–Crippen LogP) is 5.31. The largest absolute Gasteiger partial charge is 0.454 e. The maximum Gasteiger partial charge on any atom is 0.333 e. The second kappa shape index (κ2) is 8.73. The van der Waals surface area contributed by atoms with Gasteiger partial charge in [-0.05, 0) is 44.2 Å². The van der Waals surface area contributed by atoms with Gasteiger partial charge >= 0.3 is 5.97 Å². The Morgan fingerprint density at radius 1 is 0.893 bits per heavy atom. The monoisotopic (exact) mass is 409 g/mol. The van der Waals surface area contributed by atoms with Crippen LogP contribution in [-0.2, 0) is 9.53 Å². The first-order chi connectivity index (χ1) is 13.4. The van der Waals surface area contributed by atoms with Crippen LogP contribution in [0.3, 0.4) is 0 Å². The van der Waals surface area contributed by atoms with Gasteiger partial charge in [0.1, 0.15) is 33.3 Å². The van der Waals surface area contributed by atoms with Gasteiger partial charge in [-0.3, -0.25) is 0 Å². The van der Waals surface area contributed by atoms with Gasteiger partial charge in [0, 0.05) is 11.1 Å². The summed E-state index contributed by atoms with van der Waals surface area (Å²) in [6, 6.07) is 28.2. The van der Waals surface area contributed by atoms with Crippen LogP contribution in [0.1, 0.15) is 25.5 Å². The molecule has 3 rings (SSSR count). The number of hydrogen-bond donors (Lipinski definition) is 0. The molecule has 0 bridgehead atoms. The topological polar surface area (TPSA) is 26.3 Å². The zero-order chi connectivity index (χ0) is 20.1. The van der Waals surface area contributed by atoms with Crippen molar-refractivity contribution < 1.29 is 9.53 Å². The maximum absolute atomic E-state index is 12.1. The molecule has 0 fully saturated rings. The van der Waals surface area contributed by atoms with Crippen LogP contribution < -0.4 is 15.9 Å². The van der Waals surface area contributed by atoms with Crippen LogP contribution in [0, 0.1) is 0 Å². The van der Waals surface area contributed by atoms with E-state index in [0.717, 1.165) is 21.5 Å². The molecule has 142 valence electrons. The third-order valence-corrected chi connectivity index (χ3v) is 9.37. The molecule has 1 unspecified atom stereocenters. The average molecular weight is 410 g/mol. The van der Waals surface area contributed by atoms with Gasteiger partial charge in [-0.1, -0.05) is 61.2 Å². The van der Waals surface area contributed by atoms with Gasteiger partial charge in [0.2, 0.25) is 6.62 Å². The number of halogens is 1. The van der Waals surface area contributed by atoms with Crippen molar-refractivity contribution in [1.82, 2.24) is 0 Å². The molecular weight excluding hydrogens is 387 g/mol. The van der Waals surface area contributed by atoms with Crippen molar-refractivity contribution in [2.75, 3.05) is 0 Å². The van der Waals surface area contributed by atoms with Crippen molar-refractivity contribution in [2.24, 2.45) is 0 Å². The zero-order valence-electron chi connectivity index (χ0n) is 16.0. The Bertz CT molecular complexity index is 931. The summed E-state index contributed by atoms with van der Waals surface area (Å²) in [7, 11) is 0. The lowest BCUT2D eigenvalue weighted by molar-refractivity contribution is -0.143. The molecule has 0 heterocycles. The van der Waals surface area contributed by atoms with E-state index in [1.807, 2.05) is 67.6 Å². The predicted molar refractivity (Wildman–Crippen MR) is 120 cm³/mol. The first kappa shape index (κ1) is 20.3. The Balaban J connectivity index is 2.18. The van der Waals surface area contributed by atoms with Crippen molar-refractivity contribution in [3.63, 3.8) is 0 Å². The van der Waals surface area contributed by atoms with E-state index in [1.165, 1.54) is 0 Å². The Morgan fingerprint density at radius 3 is 1.86 bits per heavy atom. The summed E-state index contributed by atoms with van der Waals surface area (Å²) in [6.07, 6.45) is -0.439. The molecule has 0 spiro atoms. The van der Waals surface area contributed by atoms with Gasteiger partial charge in [-0.2, -0.15) is 0 Å². The smallest absolute Gasteiger partial charge is 0.333 e. The van der Waals surface area contributed by atoms with Crippen LogP contribution in [0.4, 0.5) is 0 Å². The van der Waals surface area contributed by atoms with Gasteiger partial charge in [0.15, 0.2) is 0 Å². The van der Waals surface area contributed by atoms with Crippen LogP contribution in [-0.4, -0.2) is 5.97 Å². The zero-order valence-corrected chi connectivity index (χ0v) is 17.7. The maximum atomic E-state index is 12.1. The second-order valence-electron chi connectivity index (χ2n) is 6.65. The molecule has 1 atom stereocenters. The van der Waals surface area contributed by atoms with Crippen LogP contribution in [0.15, 0.2) is 97.1 Å². The number of esters is 1. The minimum Gasteiger partial charge on any atom is -0.454 e. The number of rotatable bonds is 6. The number of ether oxygens (including phenoxy) is 1. The first-order valence-corrected chi connectivity index (χ1v) is 11.8. The van der Waals surface area contributed by atoms with Crippen LogP contribution in [0.25, 0.3) is 0 Å². The Labute approximate surface area is 172 Å². The van der Waals surface area contributed by atoms with Gasteiger partial charge in [0.05, 0.1) is 0 Å². The average Bonchev–Trinajstić information content (AvgIpc) is 2.74. The van der Waals surface area contributed by atoms with E-state index in [1.54, 1.807) is 6.92 Å². The third kappa shape index (κ3) is 4.04. The van der Waals surface area contributed by atoms with Crippen LogP contribution in [0.2, 0.25) is 0 Å². The molecule has 0 N–H and O–H groups in total. The quantitative estimate of drug-likeness (QED) is 0.313. The van der Waals surface area contributed by atoms with E-state index >= 15 is 0 Å². The number of carbonyl (C=O) groups is 1. The highest BCUT2D eigenvalue weighted by atomic mass is 35.7. The molecule has 2 nitrogen and oxygen atoms in total. The molecule has 0 aliphatic heterocycles. The van der Waals surface area contributed by atoms with Gasteiger partial charge in [-0.15, -0.1) is 0 Å². The molecule has 0 amide bonds. The SMILES string of the molecule is C=C(C)C(=O)OC(C)c1ccccc1[P+](Cl)(c1ccccc1)c1ccccc1. The van der Waals surface area contributed by atoms with Crippen molar-refractivity contribution in [1.29, 1.82) is 0 Å². The molecule has 0 aliphatic carbocycles. The highest BCUT2D eigenvalue weighted by Crippen LogP contribution is 2.61. The van der Waals surface area contributed by atoms with E-state index in [0.29, 0.717) is 5.57 Å². The van der Waals surface area contributed by atoms with E-state index in [-0.39, 0.29) is 0 Å². The summed E-state index contributed by atoms with van der Waals surface area (Å²) in [6.45, 7) is 4.77. The molecule has 0 aromatic heterocycles. The molecule has 0 aliphatic rings. The first-order valence-electron chi connectivity index (χ1n) is 9.10.